The number of amides is 1. The number of nitrogens with one attached hydrogen (secondary N) is 1. The number of benzene rings is 1. The Labute approximate surface area is 139 Å². The van der Waals surface area contributed by atoms with Gasteiger partial charge in [-0.25, -0.2) is 0 Å². The van der Waals surface area contributed by atoms with Crippen LogP contribution in [0.25, 0.3) is 0 Å². The molecule has 24 heavy (non-hydrogen) atoms. The van der Waals surface area contributed by atoms with Gasteiger partial charge in [0.05, 0.1) is 11.0 Å². The van der Waals surface area contributed by atoms with Crippen molar-refractivity contribution in [2.75, 3.05) is 6.54 Å². The second-order valence-electron chi connectivity index (χ2n) is 7.08. The van der Waals surface area contributed by atoms with Gasteiger partial charge in [-0.05, 0) is 43.2 Å². The largest absolute Gasteiger partial charge is 0.416 e. The lowest BCUT2D eigenvalue weighted by molar-refractivity contribution is -0.138. The van der Waals surface area contributed by atoms with Crippen LogP contribution in [0.15, 0.2) is 24.3 Å². The Morgan fingerprint density at radius 2 is 1.96 bits per heavy atom. The van der Waals surface area contributed by atoms with E-state index in [1.165, 1.54) is 6.07 Å². The number of hydrogen-bond acceptors (Lipinski definition) is 2. The average molecular weight is 340 g/mol. The quantitative estimate of drug-likeness (QED) is 0.863. The van der Waals surface area contributed by atoms with E-state index in [4.69, 9.17) is 5.73 Å². The van der Waals surface area contributed by atoms with Gasteiger partial charge in [0.1, 0.15) is 0 Å². The lowest BCUT2D eigenvalue weighted by atomic mass is 9.77. The highest BCUT2D eigenvalue weighted by molar-refractivity contribution is 5.88. The zero-order valence-corrected chi connectivity index (χ0v) is 13.5. The summed E-state index contributed by atoms with van der Waals surface area (Å²) in [5, 5.41) is 2.90. The molecule has 1 unspecified atom stereocenters. The van der Waals surface area contributed by atoms with E-state index in [0.717, 1.165) is 37.8 Å². The molecule has 1 aromatic carbocycles. The highest BCUT2D eigenvalue weighted by atomic mass is 19.4. The normalized spacial score (nSPS) is 21.5. The lowest BCUT2D eigenvalue weighted by Crippen LogP contribution is -2.47. The molecule has 2 saturated carbocycles. The second kappa shape index (κ2) is 6.39. The Morgan fingerprint density at radius 1 is 1.29 bits per heavy atom. The first-order valence-corrected chi connectivity index (χ1v) is 8.54. The highest BCUT2D eigenvalue weighted by Crippen LogP contribution is 2.43. The summed E-state index contributed by atoms with van der Waals surface area (Å²) in [5.74, 6) is 0.286. The van der Waals surface area contributed by atoms with Crippen molar-refractivity contribution in [2.45, 2.75) is 56.2 Å². The molecule has 2 aliphatic rings. The molecule has 3 N–H and O–H groups in total. The summed E-state index contributed by atoms with van der Waals surface area (Å²) in [6.07, 6.45) is 0.639. The van der Waals surface area contributed by atoms with Crippen molar-refractivity contribution in [1.29, 1.82) is 0 Å². The van der Waals surface area contributed by atoms with Crippen molar-refractivity contribution in [3.05, 3.63) is 35.4 Å². The molecular formula is C18H23F3N2O. The zero-order chi connectivity index (χ0) is 17.4. The predicted octanol–water partition coefficient (Wildman–Crippen LogP) is 3.37. The average Bonchev–Trinajstić information content (AvgIpc) is 3.28. The van der Waals surface area contributed by atoms with Crippen LogP contribution < -0.4 is 11.1 Å². The number of hydrogen-bond donors (Lipinski definition) is 2. The molecule has 0 spiro atoms. The molecule has 1 aromatic rings. The van der Waals surface area contributed by atoms with E-state index in [9.17, 15) is 18.0 Å². The Morgan fingerprint density at radius 3 is 2.54 bits per heavy atom. The van der Waals surface area contributed by atoms with Crippen LogP contribution in [-0.2, 0) is 16.4 Å². The van der Waals surface area contributed by atoms with Gasteiger partial charge >= 0.3 is 6.18 Å². The van der Waals surface area contributed by atoms with E-state index in [0.29, 0.717) is 30.9 Å². The first kappa shape index (κ1) is 17.3. The van der Waals surface area contributed by atoms with Crippen LogP contribution in [0.2, 0.25) is 0 Å². The molecule has 0 aliphatic heterocycles. The maximum absolute atomic E-state index is 13.0. The number of carbonyl (C=O) groups is 1. The minimum atomic E-state index is -4.40. The van der Waals surface area contributed by atoms with Crippen LogP contribution in [0.5, 0.6) is 0 Å². The van der Waals surface area contributed by atoms with E-state index >= 15 is 0 Å². The fourth-order valence-electron chi connectivity index (χ4n) is 3.69. The monoisotopic (exact) mass is 340 g/mol. The molecule has 1 amide bonds. The standard InChI is InChI=1S/C18H23F3N2O/c19-18(20,21)14-5-3-4-13(10-14)17(8-1-2-9-17)16(24)23-11-15(22)12-6-7-12/h3-5,10,12,15H,1-2,6-9,11,22H2,(H,23,24). The van der Waals surface area contributed by atoms with Crippen molar-refractivity contribution in [1.82, 2.24) is 5.32 Å². The molecule has 2 aliphatic carbocycles. The zero-order valence-electron chi connectivity index (χ0n) is 13.5. The molecule has 0 bridgehead atoms. The molecule has 132 valence electrons. The van der Waals surface area contributed by atoms with Gasteiger partial charge in [0.15, 0.2) is 0 Å². The minimum Gasteiger partial charge on any atom is -0.354 e. The van der Waals surface area contributed by atoms with E-state index in [-0.39, 0.29) is 11.9 Å². The number of rotatable bonds is 5. The predicted molar refractivity (Wildman–Crippen MR) is 85.3 cm³/mol. The Bertz CT molecular complexity index is 605. The second-order valence-corrected chi connectivity index (χ2v) is 7.08. The molecule has 0 aromatic heterocycles. The SMILES string of the molecule is NC(CNC(=O)C1(c2cccc(C(F)(F)F)c2)CCCC1)C1CC1. The first-order valence-electron chi connectivity index (χ1n) is 8.54. The van der Waals surface area contributed by atoms with Gasteiger partial charge < -0.3 is 11.1 Å². The molecule has 3 rings (SSSR count). The molecular weight excluding hydrogens is 317 g/mol. The first-order chi connectivity index (χ1) is 11.3. The van der Waals surface area contributed by atoms with Crippen LogP contribution in [0.3, 0.4) is 0 Å². The molecule has 6 heteroatoms. The van der Waals surface area contributed by atoms with Crippen molar-refractivity contribution in [3.8, 4) is 0 Å². The fraction of sp³-hybridized carbons (Fsp3) is 0.611. The maximum Gasteiger partial charge on any atom is 0.416 e. The lowest BCUT2D eigenvalue weighted by Gasteiger charge is -2.29. The van der Waals surface area contributed by atoms with Gasteiger partial charge in [0.25, 0.3) is 0 Å². The van der Waals surface area contributed by atoms with Crippen molar-refractivity contribution in [2.24, 2.45) is 11.7 Å². The molecule has 0 heterocycles. The molecule has 0 radical (unpaired) electrons. The summed E-state index contributed by atoms with van der Waals surface area (Å²) in [7, 11) is 0. The van der Waals surface area contributed by atoms with E-state index < -0.39 is 17.2 Å². The van der Waals surface area contributed by atoms with Crippen molar-refractivity contribution in [3.63, 3.8) is 0 Å². The van der Waals surface area contributed by atoms with Crippen LogP contribution >= 0.6 is 0 Å². The van der Waals surface area contributed by atoms with Gasteiger partial charge in [0, 0.05) is 12.6 Å². The van der Waals surface area contributed by atoms with Crippen LogP contribution in [0, 0.1) is 5.92 Å². The smallest absolute Gasteiger partial charge is 0.354 e. The van der Waals surface area contributed by atoms with E-state index in [2.05, 4.69) is 5.32 Å². The van der Waals surface area contributed by atoms with E-state index in [1.54, 1.807) is 6.07 Å². The van der Waals surface area contributed by atoms with Crippen LogP contribution in [0.4, 0.5) is 13.2 Å². The summed E-state index contributed by atoms with van der Waals surface area (Å²) >= 11 is 0. The van der Waals surface area contributed by atoms with Gasteiger partial charge in [0.2, 0.25) is 5.91 Å². The molecule has 3 nitrogen and oxygen atoms in total. The van der Waals surface area contributed by atoms with Gasteiger partial charge in [-0.1, -0.05) is 31.0 Å². The summed E-state index contributed by atoms with van der Waals surface area (Å²) in [6.45, 7) is 0.393. The van der Waals surface area contributed by atoms with Crippen LogP contribution in [0.1, 0.15) is 49.7 Å². The Balaban J connectivity index is 1.81. The molecule has 2 fully saturated rings. The third-order valence-corrected chi connectivity index (χ3v) is 5.36. The number of alkyl halides is 3. The number of halogens is 3. The number of nitrogens with two attached hydrogens (primary N) is 1. The van der Waals surface area contributed by atoms with Gasteiger partial charge in [-0.2, -0.15) is 13.2 Å². The van der Waals surface area contributed by atoms with Gasteiger partial charge in [-0.3, -0.25) is 4.79 Å². The molecule has 0 saturated heterocycles. The Kier molecular flexibility index (Phi) is 4.60. The summed E-state index contributed by atoms with van der Waals surface area (Å²) in [5.41, 5.74) is 4.93. The third kappa shape index (κ3) is 3.43. The molecule has 1 atom stereocenters. The summed E-state index contributed by atoms with van der Waals surface area (Å²) in [6, 6.07) is 5.15. The minimum absolute atomic E-state index is 0.0612. The van der Waals surface area contributed by atoms with Gasteiger partial charge in [-0.15, -0.1) is 0 Å². The van der Waals surface area contributed by atoms with Crippen LogP contribution in [-0.4, -0.2) is 18.5 Å². The fourth-order valence-corrected chi connectivity index (χ4v) is 3.69. The van der Waals surface area contributed by atoms with Crippen molar-refractivity contribution < 1.29 is 18.0 Å². The summed E-state index contributed by atoms with van der Waals surface area (Å²) in [4.78, 5) is 12.8. The highest BCUT2D eigenvalue weighted by Gasteiger charge is 2.44. The van der Waals surface area contributed by atoms with Crippen molar-refractivity contribution >= 4 is 5.91 Å². The summed E-state index contributed by atoms with van der Waals surface area (Å²) < 4.78 is 39.0. The number of carbonyl (C=O) groups excluding carboxylic acids is 1. The Hall–Kier alpha value is -1.56. The van der Waals surface area contributed by atoms with E-state index in [1.807, 2.05) is 0 Å². The topological polar surface area (TPSA) is 55.1 Å². The maximum atomic E-state index is 13.0. The third-order valence-electron chi connectivity index (χ3n) is 5.36.